The normalized spacial score (nSPS) is 10.4. The van der Waals surface area contributed by atoms with E-state index in [0.29, 0.717) is 16.8 Å². The zero-order chi connectivity index (χ0) is 13.0. The first-order chi connectivity index (χ1) is 8.63. The standard InChI is InChI=1S/C12H14ClN5/c1-8(2)15-12-17-11(7-14-18-12)16-10-5-3-4-9(13)6-10/h3-8H,1-2H3,(H2,15,16,17,18). The van der Waals surface area contributed by atoms with Crippen molar-refractivity contribution in [2.75, 3.05) is 10.6 Å². The summed E-state index contributed by atoms with van der Waals surface area (Å²) in [5, 5.41) is 14.7. The second-order valence-corrected chi connectivity index (χ2v) is 4.54. The molecular formula is C12H14ClN5. The van der Waals surface area contributed by atoms with E-state index in [9.17, 15) is 0 Å². The van der Waals surface area contributed by atoms with Gasteiger partial charge < -0.3 is 10.6 Å². The van der Waals surface area contributed by atoms with E-state index < -0.39 is 0 Å². The first kappa shape index (κ1) is 12.6. The van der Waals surface area contributed by atoms with Crippen molar-refractivity contribution in [1.29, 1.82) is 0 Å². The number of nitrogens with zero attached hydrogens (tertiary/aromatic N) is 3. The molecule has 0 bridgehead atoms. The van der Waals surface area contributed by atoms with Gasteiger partial charge in [-0.05, 0) is 32.0 Å². The summed E-state index contributed by atoms with van der Waals surface area (Å²) in [5.41, 5.74) is 0.860. The molecule has 94 valence electrons. The van der Waals surface area contributed by atoms with E-state index in [1.165, 1.54) is 0 Å². The summed E-state index contributed by atoms with van der Waals surface area (Å²) in [5.74, 6) is 1.12. The Bertz CT molecular complexity index is 529. The topological polar surface area (TPSA) is 62.7 Å². The molecule has 6 heteroatoms. The van der Waals surface area contributed by atoms with Gasteiger partial charge in [-0.15, -0.1) is 5.10 Å². The Balaban J connectivity index is 2.14. The van der Waals surface area contributed by atoms with Crippen molar-refractivity contribution in [1.82, 2.24) is 15.2 Å². The lowest BCUT2D eigenvalue weighted by Gasteiger charge is -2.09. The summed E-state index contributed by atoms with van der Waals surface area (Å²) in [6, 6.07) is 7.67. The molecule has 0 aliphatic rings. The second-order valence-electron chi connectivity index (χ2n) is 4.10. The van der Waals surface area contributed by atoms with E-state index in [4.69, 9.17) is 11.6 Å². The lowest BCUT2D eigenvalue weighted by Crippen LogP contribution is -2.13. The van der Waals surface area contributed by atoms with Gasteiger partial charge in [0.15, 0.2) is 5.82 Å². The molecule has 0 aliphatic heterocycles. The molecule has 0 radical (unpaired) electrons. The molecule has 0 fully saturated rings. The molecule has 2 aromatic rings. The van der Waals surface area contributed by atoms with Crippen molar-refractivity contribution >= 4 is 29.1 Å². The average Bonchev–Trinajstić information content (AvgIpc) is 2.28. The van der Waals surface area contributed by atoms with Crippen molar-refractivity contribution in [3.63, 3.8) is 0 Å². The highest BCUT2D eigenvalue weighted by Crippen LogP contribution is 2.18. The van der Waals surface area contributed by atoms with Gasteiger partial charge in [0.05, 0.1) is 6.20 Å². The van der Waals surface area contributed by atoms with Crippen LogP contribution in [0.4, 0.5) is 17.5 Å². The second kappa shape index (κ2) is 5.64. The highest BCUT2D eigenvalue weighted by molar-refractivity contribution is 6.30. The molecule has 0 spiro atoms. The van der Waals surface area contributed by atoms with Gasteiger partial charge in [0, 0.05) is 16.8 Å². The lowest BCUT2D eigenvalue weighted by atomic mass is 10.3. The quantitative estimate of drug-likeness (QED) is 0.888. The Kier molecular flexibility index (Phi) is 3.94. The van der Waals surface area contributed by atoms with Crippen LogP contribution in [0, 0.1) is 0 Å². The van der Waals surface area contributed by atoms with Crippen LogP contribution in [0.5, 0.6) is 0 Å². The van der Waals surface area contributed by atoms with E-state index in [1.807, 2.05) is 38.1 Å². The van der Waals surface area contributed by atoms with E-state index in [2.05, 4.69) is 25.8 Å². The third-order valence-corrected chi connectivity index (χ3v) is 2.31. The van der Waals surface area contributed by atoms with Gasteiger partial charge in [0.2, 0.25) is 5.95 Å². The van der Waals surface area contributed by atoms with Crippen LogP contribution in [-0.4, -0.2) is 21.2 Å². The molecule has 5 nitrogen and oxygen atoms in total. The number of hydrogen-bond donors (Lipinski definition) is 2. The maximum absolute atomic E-state index is 5.91. The van der Waals surface area contributed by atoms with Gasteiger partial charge in [0.25, 0.3) is 0 Å². The fourth-order valence-corrected chi connectivity index (χ4v) is 1.59. The Morgan fingerprint density at radius 3 is 2.83 bits per heavy atom. The molecular weight excluding hydrogens is 250 g/mol. The van der Waals surface area contributed by atoms with Crippen molar-refractivity contribution in [3.05, 3.63) is 35.5 Å². The number of benzene rings is 1. The minimum Gasteiger partial charge on any atom is -0.351 e. The Morgan fingerprint density at radius 1 is 1.28 bits per heavy atom. The zero-order valence-corrected chi connectivity index (χ0v) is 10.9. The van der Waals surface area contributed by atoms with Crippen LogP contribution >= 0.6 is 11.6 Å². The SMILES string of the molecule is CC(C)Nc1nncc(Nc2cccc(Cl)c2)n1. The van der Waals surface area contributed by atoms with Gasteiger partial charge in [-0.25, -0.2) is 0 Å². The molecule has 0 atom stereocenters. The molecule has 0 aliphatic carbocycles. The van der Waals surface area contributed by atoms with Crippen LogP contribution < -0.4 is 10.6 Å². The van der Waals surface area contributed by atoms with Gasteiger partial charge >= 0.3 is 0 Å². The first-order valence-corrected chi connectivity index (χ1v) is 6.00. The van der Waals surface area contributed by atoms with Crippen molar-refractivity contribution in [2.45, 2.75) is 19.9 Å². The predicted molar refractivity (Wildman–Crippen MR) is 73.3 cm³/mol. The van der Waals surface area contributed by atoms with Crippen LogP contribution in [0.3, 0.4) is 0 Å². The number of rotatable bonds is 4. The molecule has 1 aromatic heterocycles. The maximum atomic E-state index is 5.91. The van der Waals surface area contributed by atoms with Crippen LogP contribution in [0.25, 0.3) is 0 Å². The van der Waals surface area contributed by atoms with E-state index >= 15 is 0 Å². The maximum Gasteiger partial charge on any atom is 0.244 e. The van der Waals surface area contributed by atoms with E-state index in [-0.39, 0.29) is 6.04 Å². The minimum atomic E-state index is 0.258. The summed E-state index contributed by atoms with van der Waals surface area (Å²) < 4.78 is 0. The molecule has 0 saturated heterocycles. The molecule has 1 heterocycles. The van der Waals surface area contributed by atoms with Crippen LogP contribution in [0.15, 0.2) is 30.5 Å². The molecule has 0 unspecified atom stereocenters. The Morgan fingerprint density at radius 2 is 2.11 bits per heavy atom. The number of anilines is 3. The summed E-state index contributed by atoms with van der Waals surface area (Å²) in [6.45, 7) is 4.03. The minimum absolute atomic E-state index is 0.258. The first-order valence-electron chi connectivity index (χ1n) is 5.62. The Hall–Kier alpha value is -1.88. The highest BCUT2D eigenvalue weighted by atomic mass is 35.5. The predicted octanol–water partition coefficient (Wildman–Crippen LogP) is 3.09. The molecule has 2 rings (SSSR count). The summed E-state index contributed by atoms with van der Waals surface area (Å²) in [4.78, 5) is 4.30. The Labute approximate surface area is 111 Å². The summed E-state index contributed by atoms with van der Waals surface area (Å²) >= 11 is 5.91. The molecule has 0 saturated carbocycles. The van der Waals surface area contributed by atoms with Crippen molar-refractivity contribution < 1.29 is 0 Å². The zero-order valence-electron chi connectivity index (χ0n) is 10.2. The van der Waals surface area contributed by atoms with E-state index in [0.717, 1.165) is 5.69 Å². The number of halogens is 1. The van der Waals surface area contributed by atoms with Crippen LogP contribution in [0.1, 0.15) is 13.8 Å². The molecule has 0 amide bonds. The van der Waals surface area contributed by atoms with Gasteiger partial charge in [-0.2, -0.15) is 10.1 Å². The molecule has 1 aromatic carbocycles. The van der Waals surface area contributed by atoms with Gasteiger partial charge in [0.1, 0.15) is 0 Å². The fraction of sp³-hybridized carbons (Fsp3) is 0.250. The van der Waals surface area contributed by atoms with Crippen molar-refractivity contribution in [3.8, 4) is 0 Å². The number of aromatic nitrogens is 3. The number of hydrogen-bond acceptors (Lipinski definition) is 5. The highest BCUT2D eigenvalue weighted by Gasteiger charge is 2.02. The molecule has 2 N–H and O–H groups in total. The smallest absolute Gasteiger partial charge is 0.244 e. The largest absolute Gasteiger partial charge is 0.351 e. The summed E-state index contributed by atoms with van der Waals surface area (Å²) in [7, 11) is 0. The van der Waals surface area contributed by atoms with Crippen LogP contribution in [-0.2, 0) is 0 Å². The third-order valence-electron chi connectivity index (χ3n) is 2.07. The average molecular weight is 264 g/mol. The fourth-order valence-electron chi connectivity index (χ4n) is 1.40. The van der Waals surface area contributed by atoms with Crippen LogP contribution in [0.2, 0.25) is 5.02 Å². The van der Waals surface area contributed by atoms with Gasteiger partial charge in [-0.1, -0.05) is 17.7 Å². The summed E-state index contributed by atoms with van der Waals surface area (Å²) in [6.07, 6.45) is 1.56. The van der Waals surface area contributed by atoms with E-state index in [1.54, 1.807) is 6.20 Å². The third kappa shape index (κ3) is 3.56. The van der Waals surface area contributed by atoms with Gasteiger partial charge in [-0.3, -0.25) is 0 Å². The lowest BCUT2D eigenvalue weighted by molar-refractivity contribution is 0.852. The van der Waals surface area contributed by atoms with Crippen molar-refractivity contribution in [2.24, 2.45) is 0 Å². The number of nitrogens with one attached hydrogen (secondary N) is 2. The monoisotopic (exact) mass is 263 g/mol. The molecule has 18 heavy (non-hydrogen) atoms.